The van der Waals surface area contributed by atoms with Crippen molar-refractivity contribution in [2.75, 3.05) is 19.6 Å². The molecule has 0 aliphatic carbocycles. The molecule has 4 aromatic rings. The molecule has 0 amide bonds. The number of likely N-dealkylation sites (tertiary alicyclic amines) is 1. The largest absolute Gasteiger partial charge is 0.345 e. The van der Waals surface area contributed by atoms with E-state index in [0.29, 0.717) is 0 Å². The predicted molar refractivity (Wildman–Crippen MR) is 128 cm³/mol. The Kier molecular flexibility index (Phi) is 6.01. The summed E-state index contributed by atoms with van der Waals surface area (Å²) in [4.78, 5) is 11.8. The van der Waals surface area contributed by atoms with Crippen LogP contribution in [0, 0.1) is 0 Å². The molecule has 0 atom stereocenters. The molecule has 1 aliphatic heterocycles. The van der Waals surface area contributed by atoms with Crippen molar-refractivity contribution >= 4 is 22.6 Å². The van der Waals surface area contributed by atoms with E-state index in [1.54, 1.807) is 0 Å². The molecule has 31 heavy (non-hydrogen) atoms. The topological polar surface area (TPSA) is 34.0 Å². The summed E-state index contributed by atoms with van der Waals surface area (Å²) in [5.41, 5.74) is 6.55. The molecule has 0 radical (unpaired) electrons. The van der Waals surface area contributed by atoms with Gasteiger partial charge >= 0.3 is 0 Å². The Morgan fingerprint density at radius 2 is 1.74 bits per heavy atom. The second-order valence-electron chi connectivity index (χ2n) is 8.34. The number of nitrogens with zero attached hydrogens (tertiary/aromatic N) is 4. The Morgan fingerprint density at radius 3 is 2.61 bits per heavy atom. The highest BCUT2D eigenvalue weighted by atomic mass is 35.5. The molecule has 0 bridgehead atoms. The zero-order chi connectivity index (χ0) is 21.0. The van der Waals surface area contributed by atoms with Gasteiger partial charge in [0.15, 0.2) is 0 Å². The van der Waals surface area contributed by atoms with E-state index in [0.717, 1.165) is 45.8 Å². The third kappa shape index (κ3) is 4.51. The molecule has 0 N–H and O–H groups in total. The smallest absolute Gasteiger partial charge is 0.0959 e. The number of halogens is 1. The third-order valence-corrected chi connectivity index (χ3v) is 6.40. The van der Waals surface area contributed by atoms with Crippen molar-refractivity contribution in [3.63, 3.8) is 0 Å². The fourth-order valence-electron chi connectivity index (χ4n) is 4.58. The molecule has 1 saturated heterocycles. The Morgan fingerprint density at radius 1 is 0.871 bits per heavy atom. The first-order chi connectivity index (χ1) is 15.3. The van der Waals surface area contributed by atoms with E-state index in [9.17, 15) is 0 Å². The lowest BCUT2D eigenvalue weighted by molar-refractivity contribution is 0.223. The first-order valence-corrected chi connectivity index (χ1v) is 11.5. The van der Waals surface area contributed by atoms with E-state index >= 15 is 0 Å². The number of hydrogen-bond donors (Lipinski definition) is 0. The minimum Gasteiger partial charge on any atom is -0.345 e. The van der Waals surface area contributed by atoms with Crippen LogP contribution in [0.3, 0.4) is 0 Å². The summed E-state index contributed by atoms with van der Waals surface area (Å²) in [5, 5.41) is 0.731. The first-order valence-electron chi connectivity index (χ1n) is 11.2. The monoisotopic (exact) mass is 430 g/mol. The molecule has 5 rings (SSSR count). The molecule has 0 unspecified atom stereocenters. The van der Waals surface area contributed by atoms with Gasteiger partial charge in [0.05, 0.1) is 11.0 Å². The fourth-order valence-corrected chi connectivity index (χ4v) is 4.77. The van der Waals surface area contributed by atoms with Gasteiger partial charge in [-0.05, 0) is 74.8 Å². The Bertz CT molecular complexity index is 1180. The molecular weight excluding hydrogens is 404 g/mol. The number of piperidine rings is 1. The van der Waals surface area contributed by atoms with Gasteiger partial charge in [0.1, 0.15) is 0 Å². The van der Waals surface area contributed by atoms with Crippen LogP contribution in [0.25, 0.3) is 33.3 Å². The summed E-state index contributed by atoms with van der Waals surface area (Å²) in [6.07, 6.45) is 13.2. The second kappa shape index (κ2) is 9.21. The van der Waals surface area contributed by atoms with Gasteiger partial charge in [-0.1, -0.05) is 30.2 Å². The predicted octanol–water partition coefficient (Wildman–Crippen LogP) is 6.29. The van der Waals surface area contributed by atoms with Gasteiger partial charge in [-0.2, -0.15) is 0 Å². The van der Waals surface area contributed by atoms with Gasteiger partial charge in [0, 0.05) is 53.0 Å². The van der Waals surface area contributed by atoms with Crippen molar-refractivity contribution in [1.29, 1.82) is 0 Å². The highest BCUT2D eigenvalue weighted by Gasteiger charge is 2.14. The van der Waals surface area contributed by atoms with Crippen molar-refractivity contribution in [1.82, 2.24) is 19.4 Å². The van der Waals surface area contributed by atoms with Crippen molar-refractivity contribution < 1.29 is 0 Å². The number of hydrogen-bond acceptors (Lipinski definition) is 3. The van der Waals surface area contributed by atoms with E-state index in [1.807, 2.05) is 42.9 Å². The second-order valence-corrected chi connectivity index (χ2v) is 8.77. The van der Waals surface area contributed by atoms with Crippen LogP contribution < -0.4 is 0 Å². The molecule has 1 aromatic carbocycles. The average molecular weight is 431 g/mol. The molecule has 1 aliphatic rings. The van der Waals surface area contributed by atoms with Crippen LogP contribution in [0.2, 0.25) is 5.02 Å². The number of aromatic nitrogens is 3. The quantitative estimate of drug-likeness (QED) is 0.360. The lowest BCUT2D eigenvalue weighted by Crippen LogP contribution is -2.31. The number of aryl methyl sites for hydroxylation is 1. The first kappa shape index (κ1) is 20.2. The van der Waals surface area contributed by atoms with Crippen LogP contribution in [0.15, 0.2) is 67.3 Å². The van der Waals surface area contributed by atoms with Crippen LogP contribution in [-0.2, 0) is 6.54 Å². The minimum absolute atomic E-state index is 0.731. The summed E-state index contributed by atoms with van der Waals surface area (Å²) in [6.45, 7) is 4.67. The average Bonchev–Trinajstić information content (AvgIpc) is 3.19. The molecule has 3 aromatic heterocycles. The number of rotatable bonds is 6. The van der Waals surface area contributed by atoms with Gasteiger partial charge in [-0.3, -0.25) is 9.97 Å². The Balaban J connectivity index is 1.43. The molecule has 0 saturated carbocycles. The molecular formula is C26H27ClN4. The van der Waals surface area contributed by atoms with Gasteiger partial charge in [-0.25, -0.2) is 0 Å². The zero-order valence-electron chi connectivity index (χ0n) is 17.7. The highest BCUT2D eigenvalue weighted by Crippen LogP contribution is 2.32. The summed E-state index contributed by atoms with van der Waals surface area (Å²) < 4.78 is 2.35. The van der Waals surface area contributed by atoms with Crippen molar-refractivity contribution in [3.05, 3.63) is 72.3 Å². The molecule has 4 nitrogen and oxygen atoms in total. The minimum atomic E-state index is 0.731. The Labute approximate surface area is 188 Å². The van der Waals surface area contributed by atoms with Crippen LogP contribution in [0.1, 0.15) is 25.7 Å². The molecule has 4 heterocycles. The van der Waals surface area contributed by atoms with E-state index in [-0.39, 0.29) is 0 Å². The summed E-state index contributed by atoms with van der Waals surface area (Å²) in [7, 11) is 0. The van der Waals surface area contributed by atoms with Gasteiger partial charge in [0.25, 0.3) is 0 Å². The summed E-state index contributed by atoms with van der Waals surface area (Å²) in [6, 6.07) is 14.3. The van der Waals surface area contributed by atoms with Crippen molar-refractivity contribution in [2.24, 2.45) is 0 Å². The molecule has 1 fully saturated rings. The lowest BCUT2D eigenvalue weighted by Gasteiger charge is -2.26. The highest BCUT2D eigenvalue weighted by molar-refractivity contribution is 6.30. The van der Waals surface area contributed by atoms with E-state index in [2.05, 4.69) is 38.8 Å². The molecule has 0 spiro atoms. The van der Waals surface area contributed by atoms with Crippen LogP contribution in [0.5, 0.6) is 0 Å². The van der Waals surface area contributed by atoms with Gasteiger partial charge in [0.2, 0.25) is 0 Å². The van der Waals surface area contributed by atoms with Gasteiger partial charge < -0.3 is 9.47 Å². The van der Waals surface area contributed by atoms with Crippen molar-refractivity contribution in [2.45, 2.75) is 32.2 Å². The Hall–Kier alpha value is -2.69. The maximum Gasteiger partial charge on any atom is 0.0959 e. The van der Waals surface area contributed by atoms with Crippen LogP contribution in [-0.4, -0.2) is 39.1 Å². The van der Waals surface area contributed by atoms with Gasteiger partial charge in [-0.15, -0.1) is 0 Å². The van der Waals surface area contributed by atoms with E-state index in [4.69, 9.17) is 16.6 Å². The standard InChI is InChI=1S/C26H27ClN4/c27-23-8-4-7-20(16-23)21-15-22(18-28-17-21)24-19-31(25-9-5-10-29-26(24)25)14-6-13-30-11-2-1-3-12-30/h4-5,7-10,15-19H,1-3,6,11-14H2. The number of benzene rings is 1. The molecule has 158 valence electrons. The van der Waals surface area contributed by atoms with Crippen LogP contribution in [0.4, 0.5) is 0 Å². The third-order valence-electron chi connectivity index (χ3n) is 6.17. The summed E-state index contributed by atoms with van der Waals surface area (Å²) >= 11 is 6.20. The van der Waals surface area contributed by atoms with Crippen molar-refractivity contribution in [3.8, 4) is 22.3 Å². The maximum atomic E-state index is 6.20. The fraction of sp³-hybridized carbons (Fsp3) is 0.308. The number of pyridine rings is 2. The SMILES string of the molecule is Clc1cccc(-c2cncc(-c3cn(CCCN4CCCCC4)c4cccnc34)c2)c1. The van der Waals surface area contributed by atoms with Crippen LogP contribution >= 0.6 is 11.6 Å². The molecule has 5 heteroatoms. The summed E-state index contributed by atoms with van der Waals surface area (Å²) in [5.74, 6) is 0. The number of fused-ring (bicyclic) bond motifs is 1. The van der Waals surface area contributed by atoms with E-state index < -0.39 is 0 Å². The lowest BCUT2D eigenvalue weighted by atomic mass is 10.0. The van der Waals surface area contributed by atoms with E-state index in [1.165, 1.54) is 44.4 Å². The zero-order valence-corrected chi connectivity index (χ0v) is 18.4. The normalized spacial score (nSPS) is 14.9. The maximum absolute atomic E-state index is 6.20.